The Morgan fingerprint density at radius 3 is 2.15 bits per heavy atom. The number of rotatable bonds is 8. The van der Waals surface area contributed by atoms with E-state index in [9.17, 15) is 0 Å². The normalized spacial score (nSPS) is 12.2. The first kappa shape index (κ1) is 15.7. The minimum atomic E-state index is 0. The van der Waals surface area contributed by atoms with Gasteiger partial charge in [-0.2, -0.15) is 0 Å². The Labute approximate surface area is 88.3 Å². The molecule has 0 amide bonds. The van der Waals surface area contributed by atoms with Gasteiger partial charge in [0, 0.05) is 6.04 Å². The summed E-state index contributed by atoms with van der Waals surface area (Å²) in [6.07, 6.45) is 8.75. The fraction of sp³-hybridized carbons (Fsp3) is 1.00. The van der Waals surface area contributed by atoms with E-state index in [2.05, 4.69) is 6.92 Å². The van der Waals surface area contributed by atoms with Gasteiger partial charge in [0.05, 0.1) is 6.61 Å². The van der Waals surface area contributed by atoms with E-state index < -0.39 is 0 Å². The van der Waals surface area contributed by atoms with Gasteiger partial charge < -0.3 is 10.8 Å². The van der Waals surface area contributed by atoms with Gasteiger partial charge in [0.1, 0.15) is 0 Å². The highest BCUT2D eigenvalue weighted by Gasteiger charge is 1.98. The largest absolute Gasteiger partial charge is 0.395 e. The van der Waals surface area contributed by atoms with E-state index >= 15 is 0 Å². The van der Waals surface area contributed by atoms with Gasteiger partial charge in [-0.15, -0.1) is 12.4 Å². The summed E-state index contributed by atoms with van der Waals surface area (Å²) >= 11 is 0. The van der Waals surface area contributed by atoms with Crippen molar-refractivity contribution in [3.63, 3.8) is 0 Å². The molecule has 13 heavy (non-hydrogen) atoms. The summed E-state index contributed by atoms with van der Waals surface area (Å²) in [6.45, 7) is 2.36. The van der Waals surface area contributed by atoms with Crippen LogP contribution in [-0.2, 0) is 0 Å². The molecular weight excluding hydrogens is 186 g/mol. The highest BCUT2D eigenvalue weighted by molar-refractivity contribution is 5.85. The average Bonchev–Trinajstić information content (AvgIpc) is 2.10. The highest BCUT2D eigenvalue weighted by atomic mass is 35.5. The molecule has 0 bridgehead atoms. The van der Waals surface area contributed by atoms with E-state index in [0.717, 1.165) is 6.42 Å². The van der Waals surface area contributed by atoms with Crippen molar-refractivity contribution in [1.82, 2.24) is 0 Å². The monoisotopic (exact) mass is 209 g/mol. The van der Waals surface area contributed by atoms with Crippen LogP contribution in [-0.4, -0.2) is 17.8 Å². The van der Waals surface area contributed by atoms with Crippen molar-refractivity contribution < 1.29 is 5.11 Å². The number of hydrogen-bond donors (Lipinski definition) is 2. The van der Waals surface area contributed by atoms with Gasteiger partial charge in [0.2, 0.25) is 0 Å². The topological polar surface area (TPSA) is 46.2 Å². The van der Waals surface area contributed by atoms with E-state index in [-0.39, 0.29) is 25.1 Å². The number of aliphatic hydroxyl groups is 1. The van der Waals surface area contributed by atoms with Crippen LogP contribution in [0.4, 0.5) is 0 Å². The third kappa shape index (κ3) is 12.2. The second kappa shape index (κ2) is 12.2. The van der Waals surface area contributed by atoms with Crippen molar-refractivity contribution in [3.05, 3.63) is 0 Å². The summed E-state index contributed by atoms with van der Waals surface area (Å²) in [7, 11) is 0. The Hall–Kier alpha value is 0.210. The summed E-state index contributed by atoms with van der Waals surface area (Å²) in [6, 6.07) is 0.0103. The van der Waals surface area contributed by atoms with Gasteiger partial charge in [-0.1, -0.05) is 45.4 Å². The zero-order chi connectivity index (χ0) is 9.23. The van der Waals surface area contributed by atoms with Gasteiger partial charge in [-0.05, 0) is 6.42 Å². The summed E-state index contributed by atoms with van der Waals surface area (Å²) < 4.78 is 0. The van der Waals surface area contributed by atoms with E-state index in [1.165, 1.54) is 38.5 Å². The number of hydrogen-bond acceptors (Lipinski definition) is 2. The summed E-state index contributed by atoms with van der Waals surface area (Å²) in [5.41, 5.74) is 5.56. The Morgan fingerprint density at radius 2 is 1.62 bits per heavy atom. The lowest BCUT2D eigenvalue weighted by Crippen LogP contribution is -2.23. The fourth-order valence-corrected chi connectivity index (χ4v) is 1.28. The Morgan fingerprint density at radius 1 is 1.08 bits per heavy atom. The van der Waals surface area contributed by atoms with E-state index in [1.807, 2.05) is 0 Å². The molecule has 3 heteroatoms. The van der Waals surface area contributed by atoms with Crippen LogP contribution >= 0.6 is 12.4 Å². The van der Waals surface area contributed by atoms with E-state index in [4.69, 9.17) is 10.8 Å². The molecule has 0 aliphatic heterocycles. The molecule has 3 N–H and O–H groups in total. The van der Waals surface area contributed by atoms with Gasteiger partial charge in [0.25, 0.3) is 0 Å². The number of aliphatic hydroxyl groups excluding tert-OH is 1. The third-order valence-corrected chi connectivity index (χ3v) is 2.16. The number of nitrogens with two attached hydrogens (primary N) is 1. The molecule has 82 valence electrons. The SMILES string of the molecule is CCCCCCCCC(N)CO.Cl. The van der Waals surface area contributed by atoms with Gasteiger partial charge >= 0.3 is 0 Å². The molecule has 0 aromatic heterocycles. The molecule has 0 saturated carbocycles. The highest BCUT2D eigenvalue weighted by Crippen LogP contribution is 2.07. The standard InChI is InChI=1S/C10H23NO.ClH/c1-2-3-4-5-6-7-8-10(11)9-12;/h10,12H,2-9,11H2,1H3;1H. The lowest BCUT2D eigenvalue weighted by atomic mass is 10.1. The molecule has 1 unspecified atom stereocenters. The molecule has 0 radical (unpaired) electrons. The zero-order valence-corrected chi connectivity index (χ0v) is 9.48. The molecule has 0 heterocycles. The maximum atomic E-state index is 8.65. The Bertz CT molecular complexity index is 91.0. The van der Waals surface area contributed by atoms with Gasteiger partial charge in [0.15, 0.2) is 0 Å². The van der Waals surface area contributed by atoms with Crippen LogP contribution < -0.4 is 5.73 Å². The van der Waals surface area contributed by atoms with Crippen LogP contribution in [0.15, 0.2) is 0 Å². The smallest absolute Gasteiger partial charge is 0.0582 e. The van der Waals surface area contributed by atoms with Crippen molar-refractivity contribution in [2.24, 2.45) is 5.73 Å². The first-order valence-electron chi connectivity index (χ1n) is 5.17. The predicted molar refractivity (Wildman–Crippen MR) is 60.3 cm³/mol. The van der Waals surface area contributed by atoms with Crippen LogP contribution in [0.3, 0.4) is 0 Å². The third-order valence-electron chi connectivity index (χ3n) is 2.16. The van der Waals surface area contributed by atoms with Gasteiger partial charge in [-0.25, -0.2) is 0 Å². The molecule has 0 spiro atoms. The number of unbranched alkanes of at least 4 members (excludes halogenated alkanes) is 5. The van der Waals surface area contributed by atoms with Crippen molar-refractivity contribution in [1.29, 1.82) is 0 Å². The van der Waals surface area contributed by atoms with Crippen LogP contribution in [0.5, 0.6) is 0 Å². The van der Waals surface area contributed by atoms with Crippen LogP contribution in [0.1, 0.15) is 51.9 Å². The second-order valence-electron chi connectivity index (χ2n) is 3.50. The molecule has 1 atom stereocenters. The molecule has 0 rings (SSSR count). The van der Waals surface area contributed by atoms with E-state index in [0.29, 0.717) is 0 Å². The van der Waals surface area contributed by atoms with Crippen molar-refractivity contribution >= 4 is 12.4 Å². The van der Waals surface area contributed by atoms with Gasteiger partial charge in [-0.3, -0.25) is 0 Å². The minimum absolute atomic E-state index is 0. The van der Waals surface area contributed by atoms with Crippen LogP contribution in [0.2, 0.25) is 0 Å². The van der Waals surface area contributed by atoms with Crippen LogP contribution in [0, 0.1) is 0 Å². The van der Waals surface area contributed by atoms with Crippen molar-refractivity contribution in [2.45, 2.75) is 57.9 Å². The van der Waals surface area contributed by atoms with E-state index in [1.54, 1.807) is 0 Å². The summed E-state index contributed by atoms with van der Waals surface area (Å²) in [5.74, 6) is 0. The zero-order valence-electron chi connectivity index (χ0n) is 8.67. The minimum Gasteiger partial charge on any atom is -0.395 e. The van der Waals surface area contributed by atoms with Crippen molar-refractivity contribution in [3.8, 4) is 0 Å². The fourth-order valence-electron chi connectivity index (χ4n) is 1.28. The molecule has 0 aliphatic carbocycles. The quantitative estimate of drug-likeness (QED) is 0.604. The lowest BCUT2D eigenvalue weighted by Gasteiger charge is -2.06. The first-order valence-corrected chi connectivity index (χ1v) is 5.17. The summed E-state index contributed by atoms with van der Waals surface area (Å²) in [5, 5.41) is 8.65. The molecule has 2 nitrogen and oxygen atoms in total. The Balaban J connectivity index is 0. The van der Waals surface area contributed by atoms with Crippen molar-refractivity contribution in [2.75, 3.05) is 6.61 Å². The maximum Gasteiger partial charge on any atom is 0.0582 e. The first-order chi connectivity index (χ1) is 5.81. The Kier molecular flexibility index (Phi) is 14.7. The molecule has 0 aromatic rings. The average molecular weight is 210 g/mol. The molecular formula is C10H24ClNO. The molecule has 0 fully saturated rings. The van der Waals surface area contributed by atoms with Crippen LogP contribution in [0.25, 0.3) is 0 Å². The summed E-state index contributed by atoms with van der Waals surface area (Å²) in [4.78, 5) is 0. The molecule has 0 saturated heterocycles. The molecule has 0 aromatic carbocycles. The molecule has 0 aliphatic rings. The predicted octanol–water partition coefficient (Wildman–Crippen LogP) is 2.48. The maximum absolute atomic E-state index is 8.65. The lowest BCUT2D eigenvalue weighted by molar-refractivity contribution is 0.257. The second-order valence-corrected chi connectivity index (χ2v) is 3.50. The number of halogens is 1.